The number of urea groups is 1. The summed E-state index contributed by atoms with van der Waals surface area (Å²) in [6.07, 6.45) is 0.703. The lowest BCUT2D eigenvalue weighted by Crippen LogP contribution is -2.52. The lowest BCUT2D eigenvalue weighted by atomic mass is 9.95. The molecule has 2 aromatic rings. The molecule has 0 bridgehead atoms. The number of carbonyl (C=O) groups is 4. The third-order valence-electron chi connectivity index (χ3n) is 7.38. The second-order valence-corrected chi connectivity index (χ2v) is 11.9. The molecule has 2 atom stereocenters. The van der Waals surface area contributed by atoms with Crippen molar-refractivity contribution in [3.05, 3.63) is 64.7 Å². The first-order chi connectivity index (χ1) is 17.4. The molecule has 0 saturated carbocycles. The summed E-state index contributed by atoms with van der Waals surface area (Å²) in [5.41, 5.74) is 1.55. The van der Waals surface area contributed by atoms with Crippen molar-refractivity contribution in [3.8, 4) is 0 Å². The van der Waals surface area contributed by atoms with Gasteiger partial charge in [-0.2, -0.15) is 0 Å². The van der Waals surface area contributed by atoms with E-state index in [2.05, 4.69) is 10.6 Å². The number of thioether (sulfide) groups is 1. The SMILES string of the molecule is CN1C(=O)NC(=O)[C@@]12Cc1ccc(NC(=O)CN3C(=O)C(C)(C)SC[C@H]3c3cc(F)cc(F)c3)cc1C2. The van der Waals surface area contributed by atoms with E-state index in [1.54, 1.807) is 33.0 Å². The fourth-order valence-electron chi connectivity index (χ4n) is 5.28. The average molecular weight is 529 g/mol. The van der Waals surface area contributed by atoms with Crippen LogP contribution in [-0.2, 0) is 27.2 Å². The highest BCUT2D eigenvalue weighted by atomic mass is 32.2. The number of benzene rings is 2. The highest BCUT2D eigenvalue weighted by molar-refractivity contribution is 8.01. The van der Waals surface area contributed by atoms with E-state index < -0.39 is 39.9 Å². The van der Waals surface area contributed by atoms with E-state index in [1.165, 1.54) is 33.7 Å². The van der Waals surface area contributed by atoms with E-state index in [4.69, 9.17) is 0 Å². The number of hydrogen-bond acceptors (Lipinski definition) is 5. The fraction of sp³-hybridized carbons (Fsp3) is 0.385. The van der Waals surface area contributed by atoms with Gasteiger partial charge in [-0.05, 0) is 54.8 Å². The number of rotatable bonds is 4. The summed E-state index contributed by atoms with van der Waals surface area (Å²) in [7, 11) is 1.59. The second-order valence-electron chi connectivity index (χ2n) is 10.2. The average Bonchev–Trinajstić information content (AvgIpc) is 3.29. The third-order valence-corrected chi connectivity index (χ3v) is 8.76. The molecule has 3 aliphatic rings. The molecule has 2 aliphatic heterocycles. The van der Waals surface area contributed by atoms with E-state index in [1.807, 2.05) is 6.07 Å². The summed E-state index contributed by atoms with van der Waals surface area (Å²) in [6, 6.07) is 7.31. The first-order valence-corrected chi connectivity index (χ1v) is 12.8. The van der Waals surface area contributed by atoms with Crippen LogP contribution in [0.2, 0.25) is 0 Å². The lowest BCUT2D eigenvalue weighted by Gasteiger charge is -2.42. The van der Waals surface area contributed by atoms with Crippen molar-refractivity contribution in [3.63, 3.8) is 0 Å². The van der Waals surface area contributed by atoms with E-state index in [9.17, 15) is 28.0 Å². The van der Waals surface area contributed by atoms with Crippen molar-refractivity contribution < 1.29 is 28.0 Å². The maximum absolute atomic E-state index is 13.9. The third kappa shape index (κ3) is 4.35. The van der Waals surface area contributed by atoms with Crippen molar-refractivity contribution in [1.29, 1.82) is 0 Å². The number of nitrogens with zero attached hydrogens (tertiary/aromatic N) is 2. The van der Waals surface area contributed by atoms with E-state index in [0.29, 0.717) is 24.3 Å². The number of imide groups is 1. The number of anilines is 1. The molecule has 2 fully saturated rings. The van der Waals surface area contributed by atoms with E-state index >= 15 is 0 Å². The zero-order chi connectivity index (χ0) is 26.7. The molecule has 5 amide bonds. The normalized spacial score (nSPS) is 24.5. The highest BCUT2D eigenvalue weighted by Crippen LogP contribution is 2.41. The first kappa shape index (κ1) is 25.2. The molecule has 2 N–H and O–H groups in total. The Hall–Kier alpha value is -3.47. The molecule has 2 heterocycles. The van der Waals surface area contributed by atoms with Crippen molar-refractivity contribution in [1.82, 2.24) is 15.1 Å². The number of fused-ring (bicyclic) bond motifs is 1. The molecule has 11 heteroatoms. The molecule has 194 valence electrons. The molecular weight excluding hydrogens is 502 g/mol. The molecule has 2 aromatic carbocycles. The Kier molecular flexibility index (Phi) is 6.01. The predicted octanol–water partition coefficient (Wildman–Crippen LogP) is 3.02. The Bertz CT molecular complexity index is 1330. The summed E-state index contributed by atoms with van der Waals surface area (Å²) < 4.78 is 27.0. The standard InChI is InChI=1S/C26H26F2N4O4S/c1-25(2)23(35)32(20(13-37-25)15-6-17(27)9-18(28)7-15)12-21(33)29-19-5-4-14-10-26(11-16(14)8-19)22(34)30-24(36)31(26)3/h4-9,20H,10-13H2,1-3H3,(H,29,33)(H,30,34,36)/t20-,26-/m0/s1. The number of carbonyl (C=O) groups excluding carboxylic acids is 4. The fourth-order valence-corrected chi connectivity index (χ4v) is 6.47. The van der Waals surface area contributed by atoms with Crippen LogP contribution in [0.1, 0.15) is 36.6 Å². The summed E-state index contributed by atoms with van der Waals surface area (Å²) in [5, 5.41) is 5.16. The van der Waals surface area contributed by atoms with Gasteiger partial charge in [0.2, 0.25) is 11.8 Å². The van der Waals surface area contributed by atoms with Gasteiger partial charge in [-0.1, -0.05) is 6.07 Å². The Balaban J connectivity index is 1.34. The predicted molar refractivity (Wildman–Crippen MR) is 134 cm³/mol. The topological polar surface area (TPSA) is 98.8 Å². The molecule has 0 unspecified atom stereocenters. The minimum atomic E-state index is -0.973. The molecular formula is C26H26F2N4O4S. The van der Waals surface area contributed by atoms with Gasteiger partial charge < -0.3 is 15.1 Å². The van der Waals surface area contributed by atoms with Crippen LogP contribution in [0.25, 0.3) is 0 Å². The van der Waals surface area contributed by atoms with Crippen LogP contribution < -0.4 is 10.6 Å². The zero-order valence-electron chi connectivity index (χ0n) is 20.6. The van der Waals surface area contributed by atoms with Crippen molar-refractivity contribution in [2.24, 2.45) is 0 Å². The van der Waals surface area contributed by atoms with Crippen LogP contribution in [0.4, 0.5) is 19.3 Å². The molecule has 1 aliphatic carbocycles. The molecule has 0 radical (unpaired) electrons. The van der Waals surface area contributed by atoms with Crippen molar-refractivity contribution in [2.45, 2.75) is 43.0 Å². The second kappa shape index (κ2) is 8.83. The summed E-state index contributed by atoms with van der Waals surface area (Å²) in [4.78, 5) is 53.6. The quantitative estimate of drug-likeness (QED) is 0.595. The lowest BCUT2D eigenvalue weighted by molar-refractivity contribution is -0.139. The minimum Gasteiger partial charge on any atom is -0.325 e. The number of amides is 5. The van der Waals surface area contributed by atoms with E-state index in [0.717, 1.165) is 17.2 Å². The minimum absolute atomic E-state index is 0.290. The highest BCUT2D eigenvalue weighted by Gasteiger charge is 2.54. The number of nitrogens with one attached hydrogen (secondary N) is 2. The van der Waals surface area contributed by atoms with Crippen LogP contribution >= 0.6 is 11.8 Å². The summed E-state index contributed by atoms with van der Waals surface area (Å²) in [6.45, 7) is 3.21. The summed E-state index contributed by atoms with van der Waals surface area (Å²) >= 11 is 1.37. The molecule has 2 saturated heterocycles. The monoisotopic (exact) mass is 528 g/mol. The maximum Gasteiger partial charge on any atom is 0.324 e. The van der Waals surface area contributed by atoms with Crippen LogP contribution in [-0.4, -0.2) is 63.2 Å². The Labute approximate surface area is 216 Å². The van der Waals surface area contributed by atoms with Crippen molar-refractivity contribution >= 4 is 41.2 Å². The van der Waals surface area contributed by atoms with Gasteiger partial charge >= 0.3 is 6.03 Å². The molecule has 1 spiro atoms. The number of likely N-dealkylation sites (N-methyl/N-ethyl adjacent to an activating group) is 1. The molecule has 8 nitrogen and oxygen atoms in total. The largest absolute Gasteiger partial charge is 0.325 e. The van der Waals surface area contributed by atoms with Crippen molar-refractivity contribution in [2.75, 3.05) is 24.7 Å². The van der Waals surface area contributed by atoms with Crippen LogP contribution in [0.3, 0.4) is 0 Å². The Morgan fingerprint density at radius 2 is 1.76 bits per heavy atom. The molecule has 5 rings (SSSR count). The maximum atomic E-state index is 13.9. The Morgan fingerprint density at radius 1 is 1.08 bits per heavy atom. The zero-order valence-corrected chi connectivity index (χ0v) is 21.4. The Morgan fingerprint density at radius 3 is 2.41 bits per heavy atom. The van der Waals surface area contributed by atoms with Crippen LogP contribution in [0.15, 0.2) is 36.4 Å². The molecule has 0 aromatic heterocycles. The number of hydrogen-bond donors (Lipinski definition) is 2. The first-order valence-electron chi connectivity index (χ1n) is 11.8. The van der Waals surface area contributed by atoms with Gasteiger partial charge in [0.1, 0.15) is 23.7 Å². The van der Waals surface area contributed by atoms with Gasteiger partial charge in [0.05, 0.1) is 10.8 Å². The van der Waals surface area contributed by atoms with Gasteiger partial charge in [0.15, 0.2) is 0 Å². The van der Waals surface area contributed by atoms with Gasteiger partial charge in [0.25, 0.3) is 5.91 Å². The number of halogens is 2. The smallest absolute Gasteiger partial charge is 0.324 e. The van der Waals surface area contributed by atoms with Crippen LogP contribution in [0, 0.1) is 11.6 Å². The van der Waals surface area contributed by atoms with E-state index in [-0.39, 0.29) is 23.9 Å². The van der Waals surface area contributed by atoms with Gasteiger partial charge in [-0.25, -0.2) is 13.6 Å². The van der Waals surface area contributed by atoms with Gasteiger partial charge in [-0.3, -0.25) is 19.7 Å². The van der Waals surface area contributed by atoms with Gasteiger partial charge in [0, 0.05) is 37.4 Å². The van der Waals surface area contributed by atoms with Gasteiger partial charge in [-0.15, -0.1) is 11.8 Å². The summed E-state index contributed by atoms with van der Waals surface area (Å²) in [5.74, 6) is -2.22. The van der Waals surface area contributed by atoms with Crippen LogP contribution in [0.5, 0.6) is 0 Å². The molecule has 37 heavy (non-hydrogen) atoms.